The predicted molar refractivity (Wildman–Crippen MR) is 96.2 cm³/mol. The first-order chi connectivity index (χ1) is 11.9. The van der Waals surface area contributed by atoms with Gasteiger partial charge in [-0.1, -0.05) is 30.3 Å². The van der Waals surface area contributed by atoms with Crippen molar-refractivity contribution in [1.82, 2.24) is 19.0 Å². The van der Waals surface area contributed by atoms with E-state index in [4.69, 9.17) is 0 Å². The van der Waals surface area contributed by atoms with Crippen molar-refractivity contribution in [1.29, 1.82) is 0 Å². The number of hydrogen-bond donors (Lipinski definition) is 0. The number of nitrogens with zero attached hydrogens (tertiary/aromatic N) is 4. The topological polar surface area (TPSA) is 58.4 Å². The van der Waals surface area contributed by atoms with Crippen LogP contribution in [0, 0.1) is 11.8 Å². The Kier molecular flexibility index (Phi) is 4.17. The van der Waals surface area contributed by atoms with Gasteiger partial charge in [0.05, 0.1) is 18.5 Å². The first-order valence-corrected chi connectivity index (χ1v) is 10.5. The van der Waals surface area contributed by atoms with Crippen LogP contribution in [0.3, 0.4) is 0 Å². The van der Waals surface area contributed by atoms with Gasteiger partial charge in [0.15, 0.2) is 0 Å². The van der Waals surface area contributed by atoms with E-state index in [1.807, 2.05) is 42.3 Å². The molecule has 2 aliphatic heterocycles. The standard InChI is InChI=1S/C18H24N4O2S/c1-20-9-14(8-19-20)10-21-11-16-12-22(25(2,23)24)18(17(16)13-21)15-6-4-3-5-7-15/h3-9,16-18H,10-13H2,1-2H3/t16-,17-,18+/m1/s1. The lowest BCUT2D eigenvalue weighted by molar-refractivity contribution is 0.261. The third-order valence-corrected chi connectivity index (χ3v) is 6.66. The Morgan fingerprint density at radius 1 is 1.16 bits per heavy atom. The van der Waals surface area contributed by atoms with Crippen LogP contribution >= 0.6 is 0 Å². The fourth-order valence-corrected chi connectivity index (χ4v) is 5.60. The molecule has 0 aliphatic carbocycles. The molecule has 25 heavy (non-hydrogen) atoms. The number of likely N-dealkylation sites (tertiary alicyclic amines) is 1. The van der Waals surface area contributed by atoms with Crippen molar-refractivity contribution < 1.29 is 8.42 Å². The van der Waals surface area contributed by atoms with E-state index in [9.17, 15) is 8.42 Å². The van der Waals surface area contributed by atoms with Crippen LogP contribution < -0.4 is 0 Å². The van der Waals surface area contributed by atoms with Gasteiger partial charge in [0, 0.05) is 45.0 Å². The zero-order chi connectivity index (χ0) is 17.6. The molecule has 3 heterocycles. The fourth-order valence-electron chi connectivity index (χ4n) is 4.44. The minimum Gasteiger partial charge on any atom is -0.298 e. The predicted octanol–water partition coefficient (Wildman–Crippen LogP) is 1.48. The highest BCUT2D eigenvalue weighted by atomic mass is 32.2. The zero-order valence-electron chi connectivity index (χ0n) is 14.6. The molecule has 1 aromatic carbocycles. The Morgan fingerprint density at radius 3 is 2.56 bits per heavy atom. The maximum Gasteiger partial charge on any atom is 0.211 e. The highest BCUT2D eigenvalue weighted by Gasteiger charge is 2.50. The Bertz CT molecular complexity index is 849. The van der Waals surface area contributed by atoms with Crippen LogP contribution in [0.4, 0.5) is 0 Å². The molecular weight excluding hydrogens is 336 g/mol. The van der Waals surface area contributed by atoms with Gasteiger partial charge in [-0.2, -0.15) is 9.40 Å². The number of rotatable bonds is 4. The molecule has 1 aromatic heterocycles. The van der Waals surface area contributed by atoms with Crippen LogP contribution in [-0.4, -0.2) is 53.3 Å². The van der Waals surface area contributed by atoms with Gasteiger partial charge in [0.2, 0.25) is 10.0 Å². The van der Waals surface area contributed by atoms with E-state index >= 15 is 0 Å². The fraction of sp³-hybridized carbons (Fsp3) is 0.500. The second-order valence-corrected chi connectivity index (χ2v) is 9.26. The zero-order valence-corrected chi connectivity index (χ0v) is 15.4. The molecule has 2 fully saturated rings. The summed E-state index contributed by atoms with van der Waals surface area (Å²) in [5, 5.41) is 4.24. The van der Waals surface area contributed by atoms with E-state index in [2.05, 4.69) is 22.1 Å². The van der Waals surface area contributed by atoms with E-state index in [0.29, 0.717) is 18.4 Å². The summed E-state index contributed by atoms with van der Waals surface area (Å²) in [7, 11) is -1.29. The molecule has 4 rings (SSSR count). The second-order valence-electron chi connectivity index (χ2n) is 7.33. The minimum atomic E-state index is -3.21. The number of fused-ring (bicyclic) bond motifs is 1. The molecule has 2 saturated heterocycles. The lowest BCUT2D eigenvalue weighted by Crippen LogP contribution is -2.34. The monoisotopic (exact) mass is 360 g/mol. The van der Waals surface area contributed by atoms with E-state index in [1.54, 1.807) is 4.31 Å². The van der Waals surface area contributed by atoms with Crippen molar-refractivity contribution >= 4 is 10.0 Å². The van der Waals surface area contributed by atoms with Crippen molar-refractivity contribution in [2.24, 2.45) is 18.9 Å². The first kappa shape index (κ1) is 16.8. The van der Waals surface area contributed by atoms with Gasteiger partial charge in [-0.3, -0.25) is 9.58 Å². The largest absolute Gasteiger partial charge is 0.298 e. The maximum absolute atomic E-state index is 12.3. The van der Waals surface area contributed by atoms with Crippen LogP contribution in [-0.2, 0) is 23.6 Å². The van der Waals surface area contributed by atoms with E-state index in [-0.39, 0.29) is 6.04 Å². The van der Waals surface area contributed by atoms with Crippen LogP contribution in [0.5, 0.6) is 0 Å². The molecule has 6 nitrogen and oxygen atoms in total. The number of hydrogen-bond acceptors (Lipinski definition) is 4. The summed E-state index contributed by atoms with van der Waals surface area (Å²) >= 11 is 0. The summed E-state index contributed by atoms with van der Waals surface area (Å²) < 4.78 is 28.2. The van der Waals surface area contributed by atoms with Gasteiger partial charge in [0.25, 0.3) is 0 Å². The van der Waals surface area contributed by atoms with Crippen molar-refractivity contribution in [3.63, 3.8) is 0 Å². The molecule has 3 atom stereocenters. The smallest absolute Gasteiger partial charge is 0.211 e. The molecule has 0 unspecified atom stereocenters. The van der Waals surface area contributed by atoms with E-state index in [1.165, 1.54) is 11.8 Å². The highest BCUT2D eigenvalue weighted by molar-refractivity contribution is 7.88. The second kappa shape index (κ2) is 6.23. The summed E-state index contributed by atoms with van der Waals surface area (Å²) in [6, 6.07) is 10.0. The number of aromatic nitrogens is 2. The van der Waals surface area contributed by atoms with Crippen molar-refractivity contribution in [2.75, 3.05) is 25.9 Å². The summed E-state index contributed by atoms with van der Waals surface area (Å²) in [5.41, 5.74) is 2.31. The van der Waals surface area contributed by atoms with Crippen LogP contribution in [0.1, 0.15) is 17.2 Å². The van der Waals surface area contributed by atoms with Gasteiger partial charge >= 0.3 is 0 Å². The summed E-state index contributed by atoms with van der Waals surface area (Å²) in [4.78, 5) is 2.43. The Labute approximate surface area is 149 Å². The number of aryl methyl sites for hydroxylation is 1. The molecule has 7 heteroatoms. The van der Waals surface area contributed by atoms with Crippen LogP contribution in [0.25, 0.3) is 0 Å². The average molecular weight is 360 g/mol. The quantitative estimate of drug-likeness (QED) is 0.829. The highest BCUT2D eigenvalue weighted by Crippen LogP contribution is 2.46. The van der Waals surface area contributed by atoms with Crippen molar-refractivity contribution in [3.8, 4) is 0 Å². The Morgan fingerprint density at radius 2 is 1.92 bits per heavy atom. The molecule has 0 spiro atoms. The van der Waals surface area contributed by atoms with Gasteiger partial charge in [0.1, 0.15) is 0 Å². The van der Waals surface area contributed by atoms with Crippen LogP contribution in [0.15, 0.2) is 42.7 Å². The van der Waals surface area contributed by atoms with Gasteiger partial charge in [-0.05, 0) is 17.4 Å². The van der Waals surface area contributed by atoms with Crippen molar-refractivity contribution in [2.45, 2.75) is 12.6 Å². The Balaban J connectivity index is 1.57. The lowest BCUT2D eigenvalue weighted by Gasteiger charge is -2.28. The van der Waals surface area contributed by atoms with Gasteiger partial charge < -0.3 is 0 Å². The maximum atomic E-state index is 12.3. The molecular formula is C18H24N4O2S. The van der Waals surface area contributed by atoms with Gasteiger partial charge in [-0.15, -0.1) is 0 Å². The Hall–Kier alpha value is -1.70. The third kappa shape index (κ3) is 3.23. The molecule has 134 valence electrons. The summed E-state index contributed by atoms with van der Waals surface area (Å²) in [6.45, 7) is 3.36. The average Bonchev–Trinajstić information content (AvgIpc) is 3.22. The van der Waals surface area contributed by atoms with Crippen molar-refractivity contribution in [3.05, 3.63) is 53.9 Å². The lowest BCUT2D eigenvalue weighted by atomic mass is 9.90. The van der Waals surface area contributed by atoms with E-state index < -0.39 is 10.0 Å². The molecule has 0 radical (unpaired) electrons. The van der Waals surface area contributed by atoms with Crippen LogP contribution in [0.2, 0.25) is 0 Å². The summed E-state index contributed by atoms with van der Waals surface area (Å²) in [6.07, 6.45) is 5.29. The molecule has 2 aromatic rings. The molecule has 0 amide bonds. The minimum absolute atomic E-state index is 0.0555. The molecule has 0 N–H and O–H groups in total. The first-order valence-electron chi connectivity index (χ1n) is 8.63. The summed E-state index contributed by atoms with van der Waals surface area (Å²) in [5.74, 6) is 0.727. The van der Waals surface area contributed by atoms with E-state index in [0.717, 1.165) is 25.2 Å². The third-order valence-electron chi connectivity index (χ3n) is 5.43. The molecule has 0 bridgehead atoms. The normalized spacial score (nSPS) is 27.7. The number of sulfonamides is 1. The molecule has 0 saturated carbocycles. The van der Waals surface area contributed by atoms with Gasteiger partial charge in [-0.25, -0.2) is 8.42 Å². The molecule has 2 aliphatic rings. The number of benzene rings is 1. The SMILES string of the molecule is Cn1cc(CN2C[C@@H]3CN(S(C)(=O)=O)[C@@H](c4ccccc4)[C@@H]3C2)cn1.